The number of unbranched alkanes of at least 4 members (excludes halogenated alkanes) is 28. The molecular weight excluding hydrogens is 562 g/mol. The molecule has 0 unspecified atom stereocenters. The molecule has 0 N–H and O–H groups in total. The zero-order valence-electron chi connectivity index (χ0n) is 29.6. The minimum absolute atomic E-state index is 0. The minimum atomic E-state index is -0.170. The Balaban J connectivity index is 0.0000185. The van der Waals surface area contributed by atoms with E-state index in [1.807, 2.05) is 18.3 Å². The van der Waals surface area contributed by atoms with Gasteiger partial charge in [0.25, 0.3) is 0 Å². The molecule has 0 spiro atoms. The quantitative estimate of drug-likeness (QED) is 0.0437. The molecule has 4 heteroatoms. The van der Waals surface area contributed by atoms with E-state index in [4.69, 9.17) is 4.74 Å². The number of aryl methyl sites for hydroxylation is 1. The van der Waals surface area contributed by atoms with Gasteiger partial charge >= 0.3 is 5.97 Å². The van der Waals surface area contributed by atoms with E-state index in [2.05, 4.69) is 24.6 Å². The van der Waals surface area contributed by atoms with E-state index in [0.717, 1.165) is 13.0 Å². The smallest absolute Gasteiger partial charge is 0.344 e. The first-order valence-corrected chi connectivity index (χ1v) is 19.4. The average molecular weight is 636 g/mol. The van der Waals surface area contributed by atoms with Crippen LogP contribution in [0, 0.1) is 0 Å². The van der Waals surface area contributed by atoms with Gasteiger partial charge in [-0.3, -0.25) is 0 Å². The molecule has 0 aliphatic heterocycles. The van der Waals surface area contributed by atoms with Gasteiger partial charge in [0.1, 0.15) is 12.1 Å². The maximum Gasteiger partial charge on any atom is 0.344 e. The number of nitrogens with zero attached hydrogens (tertiary/aromatic N) is 1. The Morgan fingerprint density at radius 2 is 0.864 bits per heavy atom. The van der Waals surface area contributed by atoms with E-state index in [9.17, 15) is 4.79 Å². The lowest BCUT2D eigenvalue weighted by molar-refractivity contribution is -0.697. The van der Waals surface area contributed by atoms with Gasteiger partial charge in [-0.2, -0.15) is 0 Å². The molecular formula is C40H74ClNO2. The van der Waals surface area contributed by atoms with Crippen molar-refractivity contribution >= 4 is 5.97 Å². The van der Waals surface area contributed by atoms with Crippen LogP contribution in [-0.2, 0) is 11.3 Å². The van der Waals surface area contributed by atoms with Gasteiger partial charge in [0.2, 0.25) is 0 Å². The Morgan fingerprint density at radius 1 is 0.523 bits per heavy atom. The van der Waals surface area contributed by atoms with Gasteiger partial charge < -0.3 is 17.1 Å². The monoisotopic (exact) mass is 636 g/mol. The highest BCUT2D eigenvalue weighted by Gasteiger charge is 2.12. The molecule has 1 aromatic heterocycles. The van der Waals surface area contributed by atoms with Gasteiger partial charge in [0, 0.05) is 12.5 Å². The van der Waals surface area contributed by atoms with Crippen LogP contribution in [0.3, 0.4) is 0 Å². The molecule has 3 nitrogen and oxygen atoms in total. The molecule has 1 rings (SSSR count). The highest BCUT2D eigenvalue weighted by molar-refractivity contribution is 5.88. The SMILES string of the molecule is CCCCCCCCCCCCCCCCCC[n+]1cccc(C(=O)OCCCCCCCCCCCCCCCC)c1.[Cl-]. The van der Waals surface area contributed by atoms with Crippen molar-refractivity contribution in [1.82, 2.24) is 0 Å². The molecule has 0 saturated carbocycles. The summed E-state index contributed by atoms with van der Waals surface area (Å²) in [6.45, 7) is 6.11. The number of aromatic nitrogens is 1. The van der Waals surface area contributed by atoms with Gasteiger partial charge in [-0.25, -0.2) is 9.36 Å². The third-order valence-electron chi connectivity index (χ3n) is 9.09. The summed E-state index contributed by atoms with van der Waals surface area (Å²) in [5, 5.41) is 0. The molecule has 0 atom stereocenters. The Morgan fingerprint density at radius 3 is 1.25 bits per heavy atom. The molecule has 0 aliphatic carbocycles. The van der Waals surface area contributed by atoms with Crippen LogP contribution < -0.4 is 17.0 Å². The molecule has 0 radical (unpaired) electrons. The second-order valence-electron chi connectivity index (χ2n) is 13.4. The Labute approximate surface area is 281 Å². The lowest BCUT2D eigenvalue weighted by Gasteiger charge is -2.05. The summed E-state index contributed by atoms with van der Waals surface area (Å²) >= 11 is 0. The van der Waals surface area contributed by atoms with Gasteiger partial charge in [-0.15, -0.1) is 0 Å². The summed E-state index contributed by atoms with van der Waals surface area (Å²) in [7, 11) is 0. The van der Waals surface area contributed by atoms with E-state index in [-0.39, 0.29) is 18.4 Å². The molecule has 0 aliphatic rings. The summed E-state index contributed by atoms with van der Waals surface area (Å²) in [5.74, 6) is -0.170. The first kappa shape index (κ1) is 42.9. The van der Waals surface area contributed by atoms with E-state index in [1.165, 1.54) is 186 Å². The molecule has 258 valence electrons. The van der Waals surface area contributed by atoms with Crippen LogP contribution in [0.1, 0.15) is 217 Å². The summed E-state index contributed by atoms with van der Waals surface area (Å²) in [6, 6.07) is 3.87. The average Bonchev–Trinajstić information content (AvgIpc) is 3.02. The van der Waals surface area contributed by atoms with E-state index in [0.29, 0.717) is 12.2 Å². The number of esters is 1. The van der Waals surface area contributed by atoms with Crippen molar-refractivity contribution in [2.24, 2.45) is 0 Å². The summed E-state index contributed by atoms with van der Waals surface area (Å²) in [5.41, 5.74) is 0.685. The lowest BCUT2D eigenvalue weighted by Crippen LogP contribution is -3.00. The maximum absolute atomic E-state index is 12.5. The van der Waals surface area contributed by atoms with Crippen LogP contribution in [0.5, 0.6) is 0 Å². The van der Waals surface area contributed by atoms with Crippen molar-refractivity contribution in [2.75, 3.05) is 6.61 Å². The minimum Gasteiger partial charge on any atom is -1.00 e. The fourth-order valence-electron chi connectivity index (χ4n) is 6.17. The fraction of sp³-hybridized carbons (Fsp3) is 0.850. The predicted molar refractivity (Wildman–Crippen MR) is 187 cm³/mol. The number of rotatable bonds is 33. The number of hydrogen-bond donors (Lipinski definition) is 0. The largest absolute Gasteiger partial charge is 1.00 e. The van der Waals surface area contributed by atoms with E-state index in [1.54, 1.807) is 0 Å². The number of carbonyl (C=O) groups excluding carboxylic acids is 1. The van der Waals surface area contributed by atoms with Crippen molar-refractivity contribution in [3.63, 3.8) is 0 Å². The topological polar surface area (TPSA) is 30.2 Å². The van der Waals surface area contributed by atoms with Crippen molar-refractivity contribution in [2.45, 2.75) is 213 Å². The van der Waals surface area contributed by atoms with Crippen LogP contribution in [0.25, 0.3) is 0 Å². The number of ether oxygens (including phenoxy) is 1. The summed E-state index contributed by atoms with van der Waals surface area (Å²) < 4.78 is 7.73. The van der Waals surface area contributed by atoms with Crippen molar-refractivity contribution < 1.29 is 26.5 Å². The zero-order chi connectivity index (χ0) is 30.9. The summed E-state index contributed by atoms with van der Waals surface area (Å²) in [4.78, 5) is 12.5. The molecule has 0 aromatic carbocycles. The van der Waals surface area contributed by atoms with Gasteiger partial charge in [0.15, 0.2) is 12.4 Å². The molecule has 1 aromatic rings. The van der Waals surface area contributed by atoms with E-state index >= 15 is 0 Å². The lowest BCUT2D eigenvalue weighted by atomic mass is 10.0. The zero-order valence-corrected chi connectivity index (χ0v) is 30.3. The molecule has 44 heavy (non-hydrogen) atoms. The van der Waals surface area contributed by atoms with Crippen LogP contribution in [0.15, 0.2) is 24.5 Å². The van der Waals surface area contributed by atoms with Crippen molar-refractivity contribution in [3.8, 4) is 0 Å². The van der Waals surface area contributed by atoms with Crippen LogP contribution >= 0.6 is 0 Å². The number of pyridine rings is 1. The van der Waals surface area contributed by atoms with Crippen LogP contribution in [0.2, 0.25) is 0 Å². The normalized spacial score (nSPS) is 11.0. The van der Waals surface area contributed by atoms with Crippen LogP contribution in [-0.4, -0.2) is 12.6 Å². The number of halogens is 1. The third kappa shape index (κ3) is 28.4. The Kier molecular flexibility index (Phi) is 33.9. The number of hydrogen-bond acceptors (Lipinski definition) is 2. The third-order valence-corrected chi connectivity index (χ3v) is 9.09. The van der Waals surface area contributed by atoms with Gasteiger partial charge in [-0.1, -0.05) is 187 Å². The second-order valence-corrected chi connectivity index (χ2v) is 13.4. The fourth-order valence-corrected chi connectivity index (χ4v) is 6.17. The van der Waals surface area contributed by atoms with E-state index < -0.39 is 0 Å². The Hall–Kier alpha value is -1.09. The van der Waals surface area contributed by atoms with Crippen molar-refractivity contribution in [3.05, 3.63) is 30.1 Å². The predicted octanol–water partition coefficient (Wildman–Crippen LogP) is 9.88. The highest BCUT2D eigenvalue weighted by atomic mass is 35.5. The van der Waals surface area contributed by atoms with Crippen molar-refractivity contribution in [1.29, 1.82) is 0 Å². The molecule has 0 saturated heterocycles. The Bertz CT molecular complexity index is 725. The highest BCUT2D eigenvalue weighted by Crippen LogP contribution is 2.15. The molecule has 0 fully saturated rings. The first-order chi connectivity index (χ1) is 21.3. The standard InChI is InChI=1S/C40H74NO2.ClH/c1-3-5-7-9-11-13-15-17-19-20-21-23-25-27-29-31-35-41-36-33-34-39(38-41)40(42)43-37-32-30-28-26-24-22-18-16-14-12-10-8-6-4-2;/h33-34,36,38H,3-32,35,37H2,1-2H3;1H/q+1;/p-1. The molecule has 0 bridgehead atoms. The molecule has 1 heterocycles. The first-order valence-electron chi connectivity index (χ1n) is 19.4. The maximum atomic E-state index is 12.5. The van der Waals surface area contributed by atoms with Gasteiger partial charge in [0.05, 0.1) is 6.61 Å². The summed E-state index contributed by atoms with van der Waals surface area (Å²) in [6.07, 6.45) is 45.1. The van der Waals surface area contributed by atoms with Gasteiger partial charge in [-0.05, 0) is 18.9 Å². The second kappa shape index (κ2) is 34.8. The number of carbonyl (C=O) groups is 1. The molecule has 0 amide bonds. The van der Waals surface area contributed by atoms with Crippen LogP contribution in [0.4, 0.5) is 0 Å².